The van der Waals surface area contributed by atoms with Crippen molar-refractivity contribution in [3.05, 3.63) is 29.6 Å². The number of hydrogen-bond donors (Lipinski definition) is 1. The fraction of sp³-hybridized carbons (Fsp3) is 0.640. The Kier molecular flexibility index (Phi) is 7.19. The minimum atomic E-state index is -4.21. The first-order valence-electron chi connectivity index (χ1n) is 11.9. The topological polar surface area (TPSA) is 138 Å². The maximum Gasteiger partial charge on any atom is 0.425 e. The summed E-state index contributed by atoms with van der Waals surface area (Å²) in [4.78, 5) is 32.2. The molecule has 0 aliphatic carbocycles. The standard InChI is InChI=1S/C25H36FN3O7S/c1-22(2,3)35-20(30)29(21(31)36-23(4,5)6)19-25(14-34-8)12-11-18(37(25,32)33)24(7,28-19)16-13-15(27)9-10-17(16)26/h9-10,13,18H,11-12,14,27H2,1-8H3/t18-,24-,25-/m1/s1. The molecule has 3 rings (SSSR count). The summed E-state index contributed by atoms with van der Waals surface area (Å²) < 4.78 is 57.9. The summed E-state index contributed by atoms with van der Waals surface area (Å²) in [5.41, 5.74) is 2.25. The van der Waals surface area contributed by atoms with Gasteiger partial charge in [0.2, 0.25) is 0 Å². The van der Waals surface area contributed by atoms with Crippen molar-refractivity contribution in [1.29, 1.82) is 0 Å². The molecule has 2 aliphatic heterocycles. The van der Waals surface area contributed by atoms with Gasteiger partial charge in [0, 0.05) is 18.4 Å². The van der Waals surface area contributed by atoms with Gasteiger partial charge >= 0.3 is 12.2 Å². The number of fused-ring (bicyclic) bond motifs is 2. The number of hydrogen-bond acceptors (Lipinski definition) is 9. The summed E-state index contributed by atoms with van der Waals surface area (Å²) in [6, 6.07) is 3.80. The molecule has 1 fully saturated rings. The van der Waals surface area contributed by atoms with Gasteiger partial charge in [0.25, 0.3) is 0 Å². The van der Waals surface area contributed by atoms with Crippen LogP contribution in [0.2, 0.25) is 0 Å². The molecule has 10 nitrogen and oxygen atoms in total. The number of sulfone groups is 1. The van der Waals surface area contributed by atoms with E-state index < -0.39 is 60.4 Å². The van der Waals surface area contributed by atoms with Crippen LogP contribution in [0.25, 0.3) is 0 Å². The van der Waals surface area contributed by atoms with Gasteiger partial charge in [0.15, 0.2) is 14.6 Å². The van der Waals surface area contributed by atoms with E-state index in [0.717, 1.165) is 6.07 Å². The Bertz CT molecular complexity index is 1210. The van der Waals surface area contributed by atoms with Gasteiger partial charge < -0.3 is 19.9 Å². The molecule has 0 radical (unpaired) electrons. The van der Waals surface area contributed by atoms with Gasteiger partial charge in [-0.15, -0.1) is 0 Å². The molecule has 2 N–H and O–H groups in total. The molecule has 1 aromatic rings. The molecule has 0 unspecified atom stereocenters. The number of amides is 2. The molecular formula is C25H36FN3O7S. The predicted octanol–water partition coefficient (Wildman–Crippen LogP) is 4.17. The van der Waals surface area contributed by atoms with Crippen LogP contribution in [0, 0.1) is 5.82 Å². The molecule has 0 aromatic heterocycles. The molecule has 2 amide bonds. The van der Waals surface area contributed by atoms with Crippen LogP contribution in [0.15, 0.2) is 23.2 Å². The lowest BCUT2D eigenvalue weighted by Crippen LogP contribution is -2.64. The molecule has 37 heavy (non-hydrogen) atoms. The summed E-state index contributed by atoms with van der Waals surface area (Å²) >= 11 is 0. The molecule has 0 spiro atoms. The fourth-order valence-corrected chi connectivity index (χ4v) is 7.72. The zero-order valence-electron chi connectivity index (χ0n) is 22.5. The Morgan fingerprint density at radius 1 is 1.14 bits per heavy atom. The van der Waals surface area contributed by atoms with Crippen LogP contribution in [0.4, 0.5) is 19.7 Å². The van der Waals surface area contributed by atoms with Gasteiger partial charge in [-0.3, -0.25) is 4.99 Å². The lowest BCUT2D eigenvalue weighted by Gasteiger charge is -2.43. The first-order chi connectivity index (χ1) is 16.8. The highest BCUT2D eigenvalue weighted by atomic mass is 32.2. The molecule has 0 saturated carbocycles. The van der Waals surface area contributed by atoms with Gasteiger partial charge in [-0.05, 0) is 79.5 Å². The average molecular weight is 542 g/mol. The Morgan fingerprint density at radius 3 is 2.16 bits per heavy atom. The first kappa shape index (κ1) is 28.8. The Morgan fingerprint density at radius 2 is 1.68 bits per heavy atom. The van der Waals surface area contributed by atoms with Gasteiger partial charge in [-0.2, -0.15) is 4.90 Å². The van der Waals surface area contributed by atoms with Gasteiger partial charge in [-0.25, -0.2) is 22.4 Å². The second kappa shape index (κ2) is 9.23. The van der Waals surface area contributed by atoms with E-state index in [1.807, 2.05) is 0 Å². The van der Waals surface area contributed by atoms with Crippen LogP contribution in [-0.2, 0) is 29.6 Å². The lowest BCUT2D eigenvalue weighted by molar-refractivity contribution is 0.0134. The zero-order valence-corrected chi connectivity index (χ0v) is 23.4. The summed E-state index contributed by atoms with van der Waals surface area (Å²) in [5.74, 6) is -1.15. The number of anilines is 1. The van der Waals surface area contributed by atoms with Gasteiger partial charge in [0.05, 0.1) is 11.9 Å². The SMILES string of the molecule is COC[C@]12CC[C@H]([C@@](C)(c3cc(N)ccc3F)N=C1N(C(=O)OC(C)(C)C)C(=O)OC(C)(C)C)S2(=O)=O. The second-order valence-corrected chi connectivity index (χ2v) is 14.1. The van der Waals surface area contributed by atoms with Crippen molar-refractivity contribution in [2.75, 3.05) is 19.5 Å². The molecule has 3 atom stereocenters. The van der Waals surface area contributed by atoms with Crippen molar-refractivity contribution in [2.45, 2.75) is 88.0 Å². The molecule has 2 aliphatic rings. The van der Waals surface area contributed by atoms with E-state index in [2.05, 4.69) is 4.99 Å². The summed E-state index contributed by atoms with van der Waals surface area (Å²) in [5, 5.41) is -1.16. The van der Waals surface area contributed by atoms with E-state index in [1.165, 1.54) is 26.2 Å². The Hall–Kier alpha value is -2.73. The van der Waals surface area contributed by atoms with Crippen molar-refractivity contribution in [3.63, 3.8) is 0 Å². The van der Waals surface area contributed by atoms with Gasteiger partial charge in [-0.1, -0.05) is 0 Å². The lowest BCUT2D eigenvalue weighted by atomic mass is 9.86. The third-order valence-corrected chi connectivity index (χ3v) is 9.42. The number of carbonyl (C=O) groups excluding carboxylic acids is 2. The van der Waals surface area contributed by atoms with Crippen LogP contribution in [0.3, 0.4) is 0 Å². The molecule has 2 heterocycles. The number of nitrogen functional groups attached to an aromatic ring is 1. The van der Waals surface area contributed by atoms with Gasteiger partial charge in [0.1, 0.15) is 28.4 Å². The zero-order chi connectivity index (χ0) is 28.2. The third kappa shape index (κ3) is 5.05. The number of nitrogens with two attached hydrogens (primary N) is 1. The number of halogens is 1. The van der Waals surface area contributed by atoms with Crippen LogP contribution in [-0.4, -0.2) is 66.3 Å². The van der Waals surface area contributed by atoms with E-state index in [9.17, 15) is 18.0 Å². The van der Waals surface area contributed by atoms with Crippen molar-refractivity contribution in [1.82, 2.24) is 4.90 Å². The largest absolute Gasteiger partial charge is 0.443 e. The number of carbonyl (C=O) groups is 2. The highest BCUT2D eigenvalue weighted by Crippen LogP contribution is 2.53. The molecule has 2 bridgehead atoms. The number of benzene rings is 1. The summed E-state index contributed by atoms with van der Waals surface area (Å²) in [6.07, 6.45) is -2.28. The number of aliphatic imine (C=N–C) groups is 1. The Labute approximate surface area is 217 Å². The number of methoxy groups -OCH3 is 1. The third-order valence-electron chi connectivity index (χ3n) is 6.38. The molecule has 12 heteroatoms. The maximum atomic E-state index is 15.2. The van der Waals surface area contributed by atoms with Crippen molar-refractivity contribution in [2.24, 2.45) is 4.99 Å². The second-order valence-electron chi connectivity index (χ2n) is 11.6. The van der Waals surface area contributed by atoms with Crippen LogP contribution in [0.5, 0.6) is 0 Å². The maximum absolute atomic E-state index is 15.2. The number of nitrogens with zero attached hydrogens (tertiary/aromatic N) is 2. The van der Waals surface area contributed by atoms with Crippen molar-refractivity contribution < 1.29 is 36.6 Å². The van der Waals surface area contributed by atoms with E-state index in [1.54, 1.807) is 41.5 Å². The minimum absolute atomic E-state index is 0.0195. The first-order valence-corrected chi connectivity index (χ1v) is 13.5. The monoisotopic (exact) mass is 541 g/mol. The molecule has 1 saturated heterocycles. The van der Waals surface area contributed by atoms with Crippen LogP contribution < -0.4 is 5.73 Å². The quantitative estimate of drug-likeness (QED) is 0.563. The van der Waals surface area contributed by atoms with E-state index >= 15 is 4.39 Å². The highest BCUT2D eigenvalue weighted by Gasteiger charge is 2.68. The fourth-order valence-electron chi connectivity index (χ4n) is 4.88. The van der Waals surface area contributed by atoms with E-state index in [0.29, 0.717) is 4.90 Å². The van der Waals surface area contributed by atoms with E-state index in [-0.39, 0.29) is 30.7 Å². The van der Waals surface area contributed by atoms with Crippen LogP contribution >= 0.6 is 0 Å². The Balaban J connectivity index is 2.38. The molecular weight excluding hydrogens is 505 g/mol. The number of amidine groups is 1. The highest BCUT2D eigenvalue weighted by molar-refractivity contribution is 7.94. The van der Waals surface area contributed by atoms with Crippen molar-refractivity contribution in [3.8, 4) is 0 Å². The minimum Gasteiger partial charge on any atom is -0.443 e. The number of ether oxygens (including phenoxy) is 3. The van der Waals surface area contributed by atoms with Crippen LogP contribution in [0.1, 0.15) is 66.9 Å². The molecule has 206 valence electrons. The van der Waals surface area contributed by atoms with Crippen molar-refractivity contribution >= 4 is 33.5 Å². The van der Waals surface area contributed by atoms with E-state index in [4.69, 9.17) is 19.9 Å². The smallest absolute Gasteiger partial charge is 0.425 e. The molecule has 1 aromatic carbocycles. The average Bonchev–Trinajstić information content (AvgIpc) is 2.89. The number of rotatable bonds is 3. The normalized spacial score (nSPS) is 26.8. The summed E-state index contributed by atoms with van der Waals surface area (Å²) in [6.45, 7) is 10.7. The predicted molar refractivity (Wildman–Crippen MR) is 136 cm³/mol. The number of imide groups is 1. The summed E-state index contributed by atoms with van der Waals surface area (Å²) in [7, 11) is -2.90.